The van der Waals surface area contributed by atoms with E-state index in [1.807, 2.05) is 6.07 Å². The van der Waals surface area contributed by atoms with E-state index in [9.17, 15) is 28.1 Å². The van der Waals surface area contributed by atoms with Crippen LogP contribution in [0.3, 0.4) is 0 Å². The van der Waals surface area contributed by atoms with E-state index >= 15 is 0 Å². The number of nitro groups is 1. The zero-order valence-corrected chi connectivity index (χ0v) is 18.9. The number of rotatable bonds is 9. The summed E-state index contributed by atoms with van der Waals surface area (Å²) < 4.78 is 32.6. The van der Waals surface area contributed by atoms with E-state index in [0.29, 0.717) is 5.56 Å². The van der Waals surface area contributed by atoms with Gasteiger partial charge in [-0.3, -0.25) is 14.9 Å². The first-order valence-electron chi connectivity index (χ1n) is 10.0. The number of nitro benzene ring substituents is 1. The van der Waals surface area contributed by atoms with Gasteiger partial charge in [-0.1, -0.05) is 42.5 Å². The Morgan fingerprint density at radius 2 is 1.74 bits per heavy atom. The van der Waals surface area contributed by atoms with Crippen LogP contribution in [0, 0.1) is 17.0 Å². The first-order valence-corrected chi connectivity index (χ1v) is 11.5. The molecule has 0 unspecified atom stereocenters. The number of sulfonamides is 1. The number of hydrogen-bond donors (Lipinski definition) is 2. The van der Waals surface area contributed by atoms with Crippen LogP contribution < -0.4 is 10.0 Å². The van der Waals surface area contributed by atoms with Gasteiger partial charge < -0.3 is 10.1 Å². The van der Waals surface area contributed by atoms with Crippen LogP contribution in [-0.2, 0) is 26.1 Å². The summed E-state index contributed by atoms with van der Waals surface area (Å²) in [6.45, 7) is 1.03. The van der Waals surface area contributed by atoms with Crippen molar-refractivity contribution in [2.45, 2.75) is 18.4 Å². The molecule has 10 nitrogen and oxygen atoms in total. The van der Waals surface area contributed by atoms with Crippen molar-refractivity contribution in [3.05, 3.63) is 99.6 Å². The Morgan fingerprint density at radius 1 is 1.00 bits per heavy atom. The van der Waals surface area contributed by atoms with Gasteiger partial charge in [0, 0.05) is 12.6 Å². The highest BCUT2D eigenvalue weighted by molar-refractivity contribution is 7.89. The number of carbonyl (C=O) groups is 2. The highest BCUT2D eigenvalue weighted by Crippen LogP contribution is 2.25. The molecule has 0 saturated carbocycles. The van der Waals surface area contributed by atoms with Crippen LogP contribution in [0.4, 0.5) is 11.4 Å². The number of nitrogens with one attached hydrogen (secondary N) is 2. The predicted molar refractivity (Wildman–Crippen MR) is 124 cm³/mol. The molecule has 0 bridgehead atoms. The van der Waals surface area contributed by atoms with Crippen LogP contribution in [0.2, 0.25) is 0 Å². The van der Waals surface area contributed by atoms with Crippen molar-refractivity contribution >= 4 is 33.3 Å². The Kier molecular flexibility index (Phi) is 7.71. The molecule has 0 aliphatic rings. The van der Waals surface area contributed by atoms with Crippen LogP contribution >= 0.6 is 0 Å². The smallest absolute Gasteiger partial charge is 0.338 e. The molecule has 0 fully saturated rings. The first-order chi connectivity index (χ1) is 16.2. The van der Waals surface area contributed by atoms with Crippen molar-refractivity contribution < 1.29 is 27.7 Å². The summed E-state index contributed by atoms with van der Waals surface area (Å²) in [6.07, 6.45) is 0. The molecule has 0 heterocycles. The van der Waals surface area contributed by atoms with Crippen LogP contribution in [0.25, 0.3) is 0 Å². The summed E-state index contributed by atoms with van der Waals surface area (Å²) in [5.41, 5.74) is 1.01. The number of aryl methyl sites for hydroxylation is 1. The molecule has 0 aromatic heterocycles. The number of carbonyl (C=O) groups excluding carboxylic acids is 2. The fraction of sp³-hybridized carbons (Fsp3) is 0.130. The summed E-state index contributed by atoms with van der Waals surface area (Å²) in [6, 6.07) is 18.4. The summed E-state index contributed by atoms with van der Waals surface area (Å²) in [7, 11) is -3.90. The molecular formula is C23H21N3O7S. The number of hydrogen-bond acceptors (Lipinski definition) is 7. The molecule has 176 valence electrons. The van der Waals surface area contributed by atoms with E-state index in [4.69, 9.17) is 4.74 Å². The van der Waals surface area contributed by atoms with Crippen LogP contribution in [-0.4, -0.2) is 31.8 Å². The second-order valence-electron chi connectivity index (χ2n) is 7.24. The maximum atomic E-state index is 12.6. The minimum absolute atomic E-state index is 0.0331. The van der Waals surface area contributed by atoms with Crippen molar-refractivity contribution in [3.63, 3.8) is 0 Å². The van der Waals surface area contributed by atoms with Gasteiger partial charge in [-0.15, -0.1) is 0 Å². The third-order valence-corrected chi connectivity index (χ3v) is 6.05. The van der Waals surface area contributed by atoms with Crippen molar-refractivity contribution in [2.75, 3.05) is 11.9 Å². The van der Waals surface area contributed by atoms with Crippen molar-refractivity contribution in [2.24, 2.45) is 0 Å². The fourth-order valence-corrected chi connectivity index (χ4v) is 4.01. The highest BCUT2D eigenvalue weighted by atomic mass is 32.2. The number of anilines is 1. The molecule has 34 heavy (non-hydrogen) atoms. The average molecular weight is 484 g/mol. The van der Waals surface area contributed by atoms with E-state index < -0.39 is 33.4 Å². The normalized spacial score (nSPS) is 11.0. The second kappa shape index (κ2) is 10.7. The van der Waals surface area contributed by atoms with Gasteiger partial charge in [0.05, 0.1) is 15.4 Å². The van der Waals surface area contributed by atoms with E-state index in [0.717, 1.165) is 11.6 Å². The topological polar surface area (TPSA) is 145 Å². The summed E-state index contributed by atoms with van der Waals surface area (Å²) in [4.78, 5) is 34.9. The molecule has 3 aromatic rings. The first kappa shape index (κ1) is 24.6. The molecular weight excluding hydrogens is 462 g/mol. The maximum absolute atomic E-state index is 12.6. The lowest BCUT2D eigenvalue weighted by Crippen LogP contribution is -2.24. The quantitative estimate of drug-likeness (QED) is 0.270. The SMILES string of the molecule is Cc1ccc(NC(=O)COC(=O)c2cccc(S(=O)(=O)NCc3ccccc3)c2)c([N+](=O)[O-])c1. The number of amides is 1. The third-order valence-electron chi connectivity index (χ3n) is 4.65. The van der Waals surface area contributed by atoms with Gasteiger partial charge in [-0.2, -0.15) is 0 Å². The van der Waals surface area contributed by atoms with E-state index in [-0.39, 0.29) is 28.4 Å². The Bertz CT molecular complexity index is 1330. The summed E-state index contributed by atoms with van der Waals surface area (Å²) in [5, 5.41) is 13.5. The highest BCUT2D eigenvalue weighted by Gasteiger charge is 2.19. The zero-order chi connectivity index (χ0) is 24.7. The van der Waals surface area contributed by atoms with E-state index in [2.05, 4.69) is 10.0 Å². The number of ether oxygens (including phenoxy) is 1. The van der Waals surface area contributed by atoms with E-state index in [1.54, 1.807) is 37.3 Å². The molecule has 0 aliphatic carbocycles. The summed E-state index contributed by atoms with van der Waals surface area (Å²) in [5.74, 6) is -1.71. The molecule has 0 radical (unpaired) electrons. The van der Waals surface area contributed by atoms with Gasteiger partial charge in [0.2, 0.25) is 10.0 Å². The molecule has 3 aromatic carbocycles. The second-order valence-corrected chi connectivity index (χ2v) is 9.01. The third kappa shape index (κ3) is 6.47. The van der Waals surface area contributed by atoms with E-state index in [1.165, 1.54) is 30.3 Å². The lowest BCUT2D eigenvalue weighted by atomic mass is 10.2. The van der Waals surface area contributed by atoms with Gasteiger partial charge >= 0.3 is 5.97 Å². The molecule has 0 spiro atoms. The number of nitrogens with zero attached hydrogens (tertiary/aromatic N) is 1. The Morgan fingerprint density at radius 3 is 2.44 bits per heavy atom. The molecule has 0 atom stereocenters. The Hall–Kier alpha value is -4.09. The molecule has 0 aliphatic heterocycles. The monoisotopic (exact) mass is 483 g/mol. The molecule has 11 heteroatoms. The Balaban J connectivity index is 1.62. The predicted octanol–water partition coefficient (Wildman–Crippen LogP) is 3.18. The average Bonchev–Trinajstić information content (AvgIpc) is 2.83. The van der Waals surface area contributed by atoms with Crippen LogP contribution in [0.5, 0.6) is 0 Å². The van der Waals surface area contributed by atoms with Crippen LogP contribution in [0.1, 0.15) is 21.5 Å². The Labute approximate surface area is 195 Å². The molecule has 0 saturated heterocycles. The lowest BCUT2D eigenvalue weighted by molar-refractivity contribution is -0.384. The van der Waals surface area contributed by atoms with Gasteiger partial charge in [0.25, 0.3) is 11.6 Å². The van der Waals surface area contributed by atoms with Crippen molar-refractivity contribution in [1.29, 1.82) is 0 Å². The maximum Gasteiger partial charge on any atom is 0.338 e. The fourth-order valence-electron chi connectivity index (χ4n) is 2.95. The largest absolute Gasteiger partial charge is 0.452 e. The molecule has 3 rings (SSSR count). The van der Waals surface area contributed by atoms with Gasteiger partial charge in [0.15, 0.2) is 6.61 Å². The minimum atomic E-state index is -3.90. The zero-order valence-electron chi connectivity index (χ0n) is 18.1. The molecule has 2 N–H and O–H groups in total. The number of benzene rings is 3. The van der Waals surface area contributed by atoms with Crippen LogP contribution in [0.15, 0.2) is 77.7 Å². The van der Waals surface area contributed by atoms with Gasteiger partial charge in [0.1, 0.15) is 5.69 Å². The number of esters is 1. The van der Waals surface area contributed by atoms with Gasteiger partial charge in [-0.05, 0) is 42.3 Å². The van der Waals surface area contributed by atoms with Crippen molar-refractivity contribution in [1.82, 2.24) is 4.72 Å². The standard InChI is InChI=1S/C23H21N3O7S/c1-16-10-11-20(21(12-16)26(29)30)25-22(27)15-33-23(28)18-8-5-9-19(13-18)34(31,32)24-14-17-6-3-2-4-7-17/h2-13,24H,14-15H2,1H3,(H,25,27). The minimum Gasteiger partial charge on any atom is -0.452 e. The lowest BCUT2D eigenvalue weighted by Gasteiger charge is -2.09. The summed E-state index contributed by atoms with van der Waals surface area (Å²) >= 11 is 0. The van der Waals surface area contributed by atoms with Gasteiger partial charge in [-0.25, -0.2) is 17.9 Å². The molecule has 1 amide bonds. The van der Waals surface area contributed by atoms with Crippen molar-refractivity contribution in [3.8, 4) is 0 Å².